The summed E-state index contributed by atoms with van der Waals surface area (Å²) in [4.78, 5) is 24.1. The van der Waals surface area contributed by atoms with Crippen molar-refractivity contribution in [2.75, 3.05) is 0 Å². The lowest BCUT2D eigenvalue weighted by molar-refractivity contribution is -0.131. The molecule has 0 heterocycles. The third-order valence-electron chi connectivity index (χ3n) is 6.72. The molecule has 3 rings (SSSR count). The maximum Gasteiger partial charge on any atom is 0.146 e. The van der Waals surface area contributed by atoms with E-state index in [0.29, 0.717) is 23.8 Å². The molecule has 0 aromatic heterocycles. The number of fused-ring (bicyclic) bond motifs is 3. The average Bonchev–Trinajstić information content (AvgIpc) is 2.76. The second-order valence-electron chi connectivity index (χ2n) is 8.36. The molecule has 0 amide bonds. The SMILES string of the molecule is CC(C)C1=C2C3CC=C(C=O)CC(=O)C3(C)CCC2(C)CC1. The van der Waals surface area contributed by atoms with Crippen LogP contribution in [0.4, 0.5) is 0 Å². The van der Waals surface area contributed by atoms with Crippen molar-refractivity contribution in [2.24, 2.45) is 22.7 Å². The van der Waals surface area contributed by atoms with Gasteiger partial charge in [-0.3, -0.25) is 9.59 Å². The number of Topliss-reactive ketones (excluding diaryl/α,β-unsaturated/α-hetero) is 1. The van der Waals surface area contributed by atoms with Crippen LogP contribution in [-0.2, 0) is 9.59 Å². The van der Waals surface area contributed by atoms with Crippen LogP contribution >= 0.6 is 0 Å². The zero-order valence-corrected chi connectivity index (χ0v) is 14.4. The summed E-state index contributed by atoms with van der Waals surface area (Å²) >= 11 is 0. The molecule has 0 saturated heterocycles. The Morgan fingerprint density at radius 1 is 1.23 bits per heavy atom. The average molecular weight is 300 g/mol. The molecule has 3 atom stereocenters. The van der Waals surface area contributed by atoms with Crippen LogP contribution in [0.25, 0.3) is 0 Å². The summed E-state index contributed by atoms with van der Waals surface area (Å²) in [5.74, 6) is 1.14. The monoisotopic (exact) mass is 300 g/mol. The highest BCUT2D eigenvalue weighted by atomic mass is 16.1. The highest BCUT2D eigenvalue weighted by Crippen LogP contribution is 2.62. The van der Waals surface area contributed by atoms with Crippen molar-refractivity contribution >= 4 is 12.1 Å². The first kappa shape index (κ1) is 15.7. The van der Waals surface area contributed by atoms with Gasteiger partial charge in [0.1, 0.15) is 12.1 Å². The molecule has 1 saturated carbocycles. The molecule has 3 aliphatic carbocycles. The molecule has 1 fully saturated rings. The zero-order valence-electron chi connectivity index (χ0n) is 14.4. The van der Waals surface area contributed by atoms with Crippen LogP contribution in [0.15, 0.2) is 22.8 Å². The summed E-state index contributed by atoms with van der Waals surface area (Å²) in [5, 5.41) is 0. The van der Waals surface area contributed by atoms with Crippen molar-refractivity contribution in [3.05, 3.63) is 22.8 Å². The predicted molar refractivity (Wildman–Crippen MR) is 88.4 cm³/mol. The van der Waals surface area contributed by atoms with E-state index in [0.717, 1.165) is 25.5 Å². The Morgan fingerprint density at radius 2 is 1.95 bits per heavy atom. The fraction of sp³-hybridized carbons (Fsp3) is 0.700. The van der Waals surface area contributed by atoms with E-state index in [1.54, 1.807) is 11.1 Å². The van der Waals surface area contributed by atoms with Crippen LogP contribution in [-0.4, -0.2) is 12.1 Å². The normalized spacial score (nSPS) is 38.5. The third-order valence-corrected chi connectivity index (χ3v) is 6.72. The Balaban J connectivity index is 2.13. The molecule has 3 unspecified atom stereocenters. The minimum absolute atomic E-state index is 0.276. The van der Waals surface area contributed by atoms with Crippen LogP contribution in [0.1, 0.15) is 66.2 Å². The van der Waals surface area contributed by atoms with E-state index in [1.807, 2.05) is 6.08 Å². The maximum absolute atomic E-state index is 12.9. The van der Waals surface area contributed by atoms with Gasteiger partial charge in [-0.2, -0.15) is 0 Å². The van der Waals surface area contributed by atoms with Crippen LogP contribution in [0.5, 0.6) is 0 Å². The second-order valence-corrected chi connectivity index (χ2v) is 8.36. The molecule has 3 aliphatic rings. The fourth-order valence-corrected chi connectivity index (χ4v) is 5.13. The van der Waals surface area contributed by atoms with Crippen molar-refractivity contribution in [1.29, 1.82) is 0 Å². The fourth-order valence-electron chi connectivity index (χ4n) is 5.13. The van der Waals surface area contributed by atoms with Gasteiger partial charge >= 0.3 is 0 Å². The van der Waals surface area contributed by atoms with Gasteiger partial charge in [-0.05, 0) is 54.9 Å². The van der Waals surface area contributed by atoms with E-state index >= 15 is 0 Å². The Kier molecular flexibility index (Phi) is 3.70. The van der Waals surface area contributed by atoms with Gasteiger partial charge in [-0.1, -0.05) is 44.9 Å². The lowest BCUT2D eigenvalue weighted by Crippen LogP contribution is -2.44. The molecular weight excluding hydrogens is 272 g/mol. The first-order valence-electron chi connectivity index (χ1n) is 8.73. The lowest BCUT2D eigenvalue weighted by Gasteiger charge is -2.48. The van der Waals surface area contributed by atoms with Crippen molar-refractivity contribution < 1.29 is 9.59 Å². The standard InChI is InChI=1S/C20H28O2/c1-13(2)15-7-8-19(3)9-10-20(4)16(18(15)19)6-5-14(12-21)11-17(20)22/h5,12-13,16H,6-11H2,1-4H3. The number of aldehydes is 1. The molecule has 0 spiro atoms. The third kappa shape index (κ3) is 2.14. The van der Waals surface area contributed by atoms with Crippen molar-refractivity contribution in [2.45, 2.75) is 66.2 Å². The van der Waals surface area contributed by atoms with Crippen LogP contribution in [0, 0.1) is 22.7 Å². The van der Waals surface area contributed by atoms with Gasteiger partial charge in [0, 0.05) is 11.8 Å². The number of ketones is 1. The predicted octanol–water partition coefficient (Wildman–Crippen LogP) is 4.64. The molecule has 0 bridgehead atoms. The van der Waals surface area contributed by atoms with Gasteiger partial charge in [0.25, 0.3) is 0 Å². The van der Waals surface area contributed by atoms with Gasteiger partial charge in [0.15, 0.2) is 0 Å². The van der Waals surface area contributed by atoms with E-state index in [4.69, 9.17) is 0 Å². The molecular formula is C20H28O2. The lowest BCUT2D eigenvalue weighted by atomic mass is 9.54. The largest absolute Gasteiger partial charge is 0.299 e. The Hall–Kier alpha value is -1.18. The molecule has 0 aliphatic heterocycles. The molecule has 0 radical (unpaired) electrons. The number of carbonyl (C=O) groups is 2. The minimum Gasteiger partial charge on any atom is -0.299 e. The van der Waals surface area contributed by atoms with Gasteiger partial charge in [-0.15, -0.1) is 0 Å². The highest BCUT2D eigenvalue weighted by Gasteiger charge is 2.54. The summed E-state index contributed by atoms with van der Waals surface area (Å²) in [6.45, 7) is 9.12. The molecule has 2 heteroatoms. The topological polar surface area (TPSA) is 34.1 Å². The quantitative estimate of drug-likeness (QED) is 0.550. The summed E-state index contributed by atoms with van der Waals surface area (Å²) in [7, 11) is 0. The summed E-state index contributed by atoms with van der Waals surface area (Å²) < 4.78 is 0. The molecule has 120 valence electrons. The summed E-state index contributed by atoms with van der Waals surface area (Å²) in [6, 6.07) is 0. The maximum atomic E-state index is 12.9. The van der Waals surface area contributed by atoms with Gasteiger partial charge in [-0.25, -0.2) is 0 Å². The second kappa shape index (κ2) is 5.18. The van der Waals surface area contributed by atoms with Gasteiger partial charge < -0.3 is 0 Å². The van der Waals surface area contributed by atoms with Gasteiger partial charge in [0.2, 0.25) is 0 Å². The molecule has 22 heavy (non-hydrogen) atoms. The summed E-state index contributed by atoms with van der Waals surface area (Å²) in [5.41, 5.74) is 3.86. The minimum atomic E-state index is -0.277. The van der Waals surface area contributed by atoms with E-state index < -0.39 is 0 Å². The van der Waals surface area contributed by atoms with Crippen LogP contribution in [0.3, 0.4) is 0 Å². The van der Waals surface area contributed by atoms with Crippen molar-refractivity contribution in [1.82, 2.24) is 0 Å². The first-order valence-corrected chi connectivity index (χ1v) is 8.73. The molecule has 0 aromatic rings. The van der Waals surface area contributed by atoms with E-state index in [2.05, 4.69) is 27.7 Å². The Labute approximate surface area is 134 Å². The van der Waals surface area contributed by atoms with Crippen LogP contribution < -0.4 is 0 Å². The molecule has 0 aromatic carbocycles. The smallest absolute Gasteiger partial charge is 0.146 e. The van der Waals surface area contributed by atoms with Crippen LogP contribution in [0.2, 0.25) is 0 Å². The number of allylic oxidation sites excluding steroid dienone is 4. The van der Waals surface area contributed by atoms with E-state index in [-0.39, 0.29) is 16.6 Å². The number of rotatable bonds is 2. The molecule has 0 N–H and O–H groups in total. The first-order chi connectivity index (χ1) is 10.3. The Morgan fingerprint density at radius 3 is 2.59 bits per heavy atom. The molecule has 2 nitrogen and oxygen atoms in total. The summed E-state index contributed by atoms with van der Waals surface area (Å²) in [6.07, 6.45) is 8.62. The van der Waals surface area contributed by atoms with Gasteiger partial charge in [0.05, 0.1) is 0 Å². The highest BCUT2D eigenvalue weighted by molar-refractivity contribution is 5.93. The van der Waals surface area contributed by atoms with E-state index in [9.17, 15) is 9.59 Å². The van der Waals surface area contributed by atoms with Crippen molar-refractivity contribution in [3.8, 4) is 0 Å². The number of hydrogen-bond acceptors (Lipinski definition) is 2. The number of hydrogen-bond donors (Lipinski definition) is 0. The zero-order chi connectivity index (χ0) is 16.1. The Bertz CT molecular complexity index is 581. The van der Waals surface area contributed by atoms with E-state index in [1.165, 1.54) is 12.8 Å². The van der Waals surface area contributed by atoms with Crippen molar-refractivity contribution in [3.63, 3.8) is 0 Å². The number of carbonyl (C=O) groups excluding carboxylic acids is 2.